The first kappa shape index (κ1) is 12.5. The predicted octanol–water partition coefficient (Wildman–Crippen LogP) is 0.311. The second-order valence-corrected chi connectivity index (χ2v) is 4.53. The van der Waals surface area contributed by atoms with Gasteiger partial charge < -0.3 is 11.5 Å². The van der Waals surface area contributed by atoms with Crippen molar-refractivity contribution in [2.75, 3.05) is 19.6 Å². The third-order valence-electron chi connectivity index (χ3n) is 3.25. The largest absolute Gasteiger partial charge is 0.369 e. The maximum absolute atomic E-state index is 11.0. The van der Waals surface area contributed by atoms with E-state index in [0.29, 0.717) is 12.6 Å². The summed E-state index contributed by atoms with van der Waals surface area (Å²) in [7, 11) is 0. The van der Waals surface area contributed by atoms with Gasteiger partial charge in [0.15, 0.2) is 0 Å². The van der Waals surface area contributed by atoms with Crippen molar-refractivity contribution in [1.29, 1.82) is 0 Å². The third-order valence-corrected chi connectivity index (χ3v) is 3.25. The first-order valence-corrected chi connectivity index (χ1v) is 5.88. The molecule has 4 nitrogen and oxygen atoms in total. The highest BCUT2D eigenvalue weighted by molar-refractivity contribution is 5.76. The standard InChI is InChI=1S/C11H23N3O/c1-9(11(13)15)8-14(7-6-12)10-4-2-3-5-10/h9-10H,2-8,12H2,1H3,(H2,13,15). The Hall–Kier alpha value is -0.610. The van der Waals surface area contributed by atoms with E-state index >= 15 is 0 Å². The molecule has 0 bridgehead atoms. The topological polar surface area (TPSA) is 72.3 Å². The molecule has 0 spiro atoms. The summed E-state index contributed by atoms with van der Waals surface area (Å²) in [6.07, 6.45) is 5.09. The summed E-state index contributed by atoms with van der Waals surface area (Å²) >= 11 is 0. The Labute approximate surface area is 92.0 Å². The van der Waals surface area contributed by atoms with Crippen LogP contribution in [0.25, 0.3) is 0 Å². The number of primary amides is 1. The van der Waals surface area contributed by atoms with Crippen molar-refractivity contribution in [1.82, 2.24) is 4.90 Å². The minimum absolute atomic E-state index is 0.0721. The van der Waals surface area contributed by atoms with E-state index in [1.165, 1.54) is 25.7 Å². The number of amides is 1. The van der Waals surface area contributed by atoms with Crippen LogP contribution >= 0.6 is 0 Å². The molecule has 0 aliphatic heterocycles. The molecule has 1 atom stereocenters. The summed E-state index contributed by atoms with van der Waals surface area (Å²) in [4.78, 5) is 13.4. The van der Waals surface area contributed by atoms with Crippen molar-refractivity contribution in [3.63, 3.8) is 0 Å². The first-order chi connectivity index (χ1) is 7.15. The average molecular weight is 213 g/mol. The van der Waals surface area contributed by atoms with Crippen LogP contribution in [0.15, 0.2) is 0 Å². The number of carbonyl (C=O) groups excluding carboxylic acids is 1. The highest BCUT2D eigenvalue weighted by Crippen LogP contribution is 2.23. The van der Waals surface area contributed by atoms with Gasteiger partial charge in [0.1, 0.15) is 0 Å². The second kappa shape index (κ2) is 6.08. The molecule has 4 heteroatoms. The Kier molecular flexibility index (Phi) is 5.05. The molecule has 1 rings (SSSR count). The zero-order valence-corrected chi connectivity index (χ0v) is 9.61. The van der Waals surface area contributed by atoms with Gasteiger partial charge in [0, 0.05) is 31.6 Å². The highest BCUT2D eigenvalue weighted by Gasteiger charge is 2.24. The zero-order valence-electron chi connectivity index (χ0n) is 9.61. The van der Waals surface area contributed by atoms with E-state index in [9.17, 15) is 4.79 Å². The molecule has 0 saturated heterocycles. The number of nitrogens with zero attached hydrogens (tertiary/aromatic N) is 1. The van der Waals surface area contributed by atoms with Crippen LogP contribution in [0.1, 0.15) is 32.6 Å². The molecule has 88 valence electrons. The molecule has 0 aromatic heterocycles. The molecular formula is C11H23N3O. The van der Waals surface area contributed by atoms with Crippen LogP contribution in [-0.4, -0.2) is 36.5 Å². The number of carbonyl (C=O) groups is 1. The molecule has 1 fully saturated rings. The van der Waals surface area contributed by atoms with Gasteiger partial charge in [-0.2, -0.15) is 0 Å². The summed E-state index contributed by atoms with van der Waals surface area (Å²) in [5.74, 6) is -0.285. The summed E-state index contributed by atoms with van der Waals surface area (Å²) in [6.45, 7) is 4.18. The molecule has 1 amide bonds. The van der Waals surface area contributed by atoms with E-state index in [1.54, 1.807) is 0 Å². The van der Waals surface area contributed by atoms with Crippen LogP contribution in [-0.2, 0) is 4.79 Å². The third kappa shape index (κ3) is 3.80. The van der Waals surface area contributed by atoms with Gasteiger partial charge in [-0.1, -0.05) is 19.8 Å². The molecule has 4 N–H and O–H groups in total. The van der Waals surface area contributed by atoms with Gasteiger partial charge in [-0.15, -0.1) is 0 Å². The summed E-state index contributed by atoms with van der Waals surface area (Å²) in [5, 5.41) is 0. The van der Waals surface area contributed by atoms with Gasteiger partial charge in [0.2, 0.25) is 5.91 Å². The molecule has 1 saturated carbocycles. The minimum Gasteiger partial charge on any atom is -0.369 e. The lowest BCUT2D eigenvalue weighted by atomic mass is 10.1. The van der Waals surface area contributed by atoms with Crippen molar-refractivity contribution in [2.45, 2.75) is 38.6 Å². The normalized spacial score (nSPS) is 19.7. The molecule has 1 aliphatic rings. The molecule has 15 heavy (non-hydrogen) atoms. The Bertz CT molecular complexity index is 202. The fourth-order valence-electron chi connectivity index (χ4n) is 2.30. The van der Waals surface area contributed by atoms with Gasteiger partial charge in [-0.25, -0.2) is 0 Å². The molecule has 0 aromatic rings. The maximum atomic E-state index is 11.0. The van der Waals surface area contributed by atoms with Crippen LogP contribution < -0.4 is 11.5 Å². The highest BCUT2D eigenvalue weighted by atomic mass is 16.1. The van der Waals surface area contributed by atoms with Gasteiger partial charge in [0.05, 0.1) is 0 Å². The van der Waals surface area contributed by atoms with Crippen molar-refractivity contribution in [3.05, 3.63) is 0 Å². The fourth-order valence-corrected chi connectivity index (χ4v) is 2.30. The maximum Gasteiger partial charge on any atom is 0.221 e. The first-order valence-electron chi connectivity index (χ1n) is 5.88. The van der Waals surface area contributed by atoms with Crippen molar-refractivity contribution in [2.24, 2.45) is 17.4 Å². The number of hydrogen-bond donors (Lipinski definition) is 2. The van der Waals surface area contributed by atoms with E-state index in [4.69, 9.17) is 11.5 Å². The SMILES string of the molecule is CC(CN(CCN)C1CCCC1)C(N)=O. The van der Waals surface area contributed by atoms with Gasteiger partial charge in [-0.3, -0.25) is 9.69 Å². The fraction of sp³-hybridized carbons (Fsp3) is 0.909. The van der Waals surface area contributed by atoms with Crippen molar-refractivity contribution >= 4 is 5.91 Å². The number of hydrogen-bond acceptors (Lipinski definition) is 3. The second-order valence-electron chi connectivity index (χ2n) is 4.53. The molecular weight excluding hydrogens is 190 g/mol. The monoisotopic (exact) mass is 213 g/mol. The molecule has 0 heterocycles. The van der Waals surface area contributed by atoms with Crippen LogP contribution in [0.2, 0.25) is 0 Å². The zero-order chi connectivity index (χ0) is 11.3. The van der Waals surface area contributed by atoms with Crippen LogP contribution in [0.3, 0.4) is 0 Å². The lowest BCUT2D eigenvalue weighted by Crippen LogP contribution is -2.42. The molecule has 0 aromatic carbocycles. The van der Waals surface area contributed by atoms with Crippen LogP contribution in [0.4, 0.5) is 0 Å². The van der Waals surface area contributed by atoms with Gasteiger partial charge >= 0.3 is 0 Å². The van der Waals surface area contributed by atoms with E-state index < -0.39 is 0 Å². The molecule has 1 aliphatic carbocycles. The van der Waals surface area contributed by atoms with Gasteiger partial charge in [0.25, 0.3) is 0 Å². The van der Waals surface area contributed by atoms with E-state index in [1.807, 2.05) is 6.92 Å². The van der Waals surface area contributed by atoms with E-state index in [0.717, 1.165) is 13.1 Å². The van der Waals surface area contributed by atoms with Crippen LogP contribution in [0.5, 0.6) is 0 Å². The van der Waals surface area contributed by atoms with Crippen LogP contribution in [0, 0.1) is 5.92 Å². The Morgan fingerprint density at radius 3 is 2.53 bits per heavy atom. The summed E-state index contributed by atoms with van der Waals surface area (Å²) in [6, 6.07) is 0.621. The molecule has 0 radical (unpaired) electrons. The van der Waals surface area contributed by atoms with Crippen molar-refractivity contribution in [3.8, 4) is 0 Å². The number of rotatable bonds is 6. The summed E-state index contributed by atoms with van der Waals surface area (Å²) in [5.41, 5.74) is 10.9. The minimum atomic E-state index is -0.213. The number of nitrogens with two attached hydrogens (primary N) is 2. The Morgan fingerprint density at radius 2 is 2.07 bits per heavy atom. The summed E-state index contributed by atoms with van der Waals surface area (Å²) < 4.78 is 0. The van der Waals surface area contributed by atoms with Crippen molar-refractivity contribution < 1.29 is 4.79 Å². The Morgan fingerprint density at radius 1 is 1.47 bits per heavy atom. The smallest absolute Gasteiger partial charge is 0.221 e. The molecule has 1 unspecified atom stereocenters. The average Bonchev–Trinajstić information content (AvgIpc) is 2.69. The van der Waals surface area contributed by atoms with E-state index in [-0.39, 0.29) is 11.8 Å². The van der Waals surface area contributed by atoms with E-state index in [2.05, 4.69) is 4.90 Å². The lowest BCUT2D eigenvalue weighted by molar-refractivity contribution is -0.122. The predicted molar refractivity (Wildman–Crippen MR) is 61.2 cm³/mol. The quantitative estimate of drug-likeness (QED) is 0.667. The Balaban J connectivity index is 2.45. The van der Waals surface area contributed by atoms with Gasteiger partial charge in [-0.05, 0) is 12.8 Å². The lowest BCUT2D eigenvalue weighted by Gasteiger charge is -2.29.